The molecule has 2 amide bonds. The summed E-state index contributed by atoms with van der Waals surface area (Å²) in [6, 6.07) is 15.4. The van der Waals surface area contributed by atoms with Gasteiger partial charge in [0.25, 0.3) is 0 Å². The normalized spacial score (nSPS) is 19.1. The van der Waals surface area contributed by atoms with Crippen LogP contribution < -0.4 is 20.4 Å². The number of hydrogen-bond donors (Lipinski definition) is 2. The van der Waals surface area contributed by atoms with Crippen molar-refractivity contribution in [3.05, 3.63) is 83.7 Å². The lowest BCUT2D eigenvalue weighted by molar-refractivity contribution is -0.116. The molecule has 2 N–H and O–H groups in total. The maximum atomic E-state index is 12.6. The van der Waals surface area contributed by atoms with Crippen LogP contribution in [-0.2, 0) is 22.4 Å². The van der Waals surface area contributed by atoms with Crippen molar-refractivity contribution < 1.29 is 9.59 Å². The molecule has 2 aliphatic heterocycles. The molecular weight excluding hydrogens is 580 g/mol. The van der Waals surface area contributed by atoms with Crippen molar-refractivity contribution in [2.24, 2.45) is 0 Å². The number of pyridine rings is 2. The predicted octanol–water partition coefficient (Wildman–Crippen LogP) is 4.28. The van der Waals surface area contributed by atoms with Crippen molar-refractivity contribution >= 4 is 34.8 Å². The van der Waals surface area contributed by atoms with Crippen molar-refractivity contribution in [3.8, 4) is 0 Å². The van der Waals surface area contributed by atoms with Crippen molar-refractivity contribution in [3.63, 3.8) is 0 Å². The molecule has 1 saturated carbocycles. The van der Waals surface area contributed by atoms with Gasteiger partial charge in [-0.05, 0) is 80.6 Å². The quantitative estimate of drug-likeness (QED) is 0.264. The first-order chi connectivity index (χ1) is 22.6. The van der Waals surface area contributed by atoms with E-state index < -0.39 is 0 Å². The third-order valence-corrected chi connectivity index (χ3v) is 9.16. The fourth-order valence-corrected chi connectivity index (χ4v) is 6.25. The minimum atomic E-state index is -0.171. The van der Waals surface area contributed by atoms with Crippen LogP contribution >= 0.6 is 0 Å². The van der Waals surface area contributed by atoms with E-state index >= 15 is 0 Å². The molecule has 0 bridgehead atoms. The highest BCUT2D eigenvalue weighted by Crippen LogP contribution is 2.40. The molecule has 46 heavy (non-hydrogen) atoms. The van der Waals surface area contributed by atoms with E-state index in [0.29, 0.717) is 11.6 Å². The number of carbonyl (C=O) groups excluding carboxylic acids is 2. The third kappa shape index (κ3) is 7.11. The van der Waals surface area contributed by atoms with Crippen LogP contribution in [-0.4, -0.2) is 68.4 Å². The molecule has 7 rings (SSSR count). The molecule has 236 valence electrons. The zero-order valence-corrected chi connectivity index (χ0v) is 25.8. The number of nitrogens with one attached hydrogen (secondary N) is 2. The van der Waals surface area contributed by atoms with Gasteiger partial charge in [-0.2, -0.15) is 10.2 Å². The molecule has 0 spiro atoms. The van der Waals surface area contributed by atoms with Crippen LogP contribution in [0.2, 0.25) is 0 Å². The average Bonchev–Trinajstić information content (AvgIpc) is 3.02. The Morgan fingerprint density at radius 3 is 1.43 bits per heavy atom. The van der Waals surface area contributed by atoms with Gasteiger partial charge in [0.1, 0.15) is 0 Å². The maximum absolute atomic E-state index is 12.6. The van der Waals surface area contributed by atoms with Crippen LogP contribution in [0, 0.1) is 0 Å². The van der Waals surface area contributed by atoms with E-state index in [9.17, 15) is 9.59 Å². The van der Waals surface area contributed by atoms with Crippen LogP contribution in [0.3, 0.4) is 0 Å². The average molecular weight is 619 g/mol. The van der Waals surface area contributed by atoms with Crippen molar-refractivity contribution in [1.82, 2.24) is 30.4 Å². The third-order valence-electron chi connectivity index (χ3n) is 9.16. The van der Waals surface area contributed by atoms with Gasteiger partial charge in [-0.15, -0.1) is 10.2 Å². The SMILES string of the molecule is O=C(Cc1ccc(N2CCC2)cn1)Nc1ccc([C@H]2CCC[C@H](c3ccc(NC(=O)Cc4ccc(N5CCC5)cn4)nn3)C2)nn1. The Morgan fingerprint density at radius 1 is 0.609 bits per heavy atom. The maximum Gasteiger partial charge on any atom is 0.231 e. The highest BCUT2D eigenvalue weighted by molar-refractivity contribution is 5.91. The molecule has 12 nitrogen and oxygen atoms in total. The molecule has 3 aliphatic rings. The van der Waals surface area contributed by atoms with E-state index in [2.05, 4.69) is 50.8 Å². The Hall–Kier alpha value is -5.00. The van der Waals surface area contributed by atoms with Crippen LogP contribution in [0.5, 0.6) is 0 Å². The zero-order valence-electron chi connectivity index (χ0n) is 25.8. The smallest absolute Gasteiger partial charge is 0.231 e. The van der Waals surface area contributed by atoms with E-state index in [0.717, 1.165) is 86.0 Å². The second-order valence-corrected chi connectivity index (χ2v) is 12.4. The second kappa shape index (κ2) is 13.6. The van der Waals surface area contributed by atoms with Gasteiger partial charge < -0.3 is 20.4 Å². The second-order valence-electron chi connectivity index (χ2n) is 12.4. The van der Waals surface area contributed by atoms with E-state index in [-0.39, 0.29) is 36.5 Å². The number of nitrogens with zero attached hydrogens (tertiary/aromatic N) is 8. The highest BCUT2D eigenvalue weighted by Gasteiger charge is 2.27. The van der Waals surface area contributed by atoms with Gasteiger partial charge in [-0.1, -0.05) is 6.42 Å². The fourth-order valence-electron chi connectivity index (χ4n) is 6.25. The number of rotatable bonds is 10. The highest BCUT2D eigenvalue weighted by atomic mass is 16.2. The predicted molar refractivity (Wildman–Crippen MR) is 175 cm³/mol. The lowest BCUT2D eigenvalue weighted by Crippen LogP contribution is -2.37. The summed E-state index contributed by atoms with van der Waals surface area (Å²) in [6.45, 7) is 4.25. The molecular formula is C34H38N10O2. The first kappa shape index (κ1) is 29.7. The molecule has 1 aliphatic carbocycles. The van der Waals surface area contributed by atoms with Gasteiger partial charge in [0, 0.05) is 49.4 Å². The van der Waals surface area contributed by atoms with Gasteiger partial charge in [0.15, 0.2) is 11.6 Å². The molecule has 0 unspecified atom stereocenters. The number of amides is 2. The zero-order chi connectivity index (χ0) is 31.3. The summed E-state index contributed by atoms with van der Waals surface area (Å²) in [5, 5.41) is 23.2. The Kier molecular flexibility index (Phi) is 8.75. The lowest BCUT2D eigenvalue weighted by Gasteiger charge is -2.32. The molecule has 6 heterocycles. The van der Waals surface area contributed by atoms with Gasteiger partial charge in [-0.3, -0.25) is 19.6 Å². The monoisotopic (exact) mass is 618 g/mol. The molecule has 4 aromatic heterocycles. The minimum absolute atomic E-state index is 0.171. The number of anilines is 4. The molecule has 2 atom stereocenters. The van der Waals surface area contributed by atoms with Crippen molar-refractivity contribution in [1.29, 1.82) is 0 Å². The van der Waals surface area contributed by atoms with Crippen LogP contribution in [0.25, 0.3) is 0 Å². The largest absolute Gasteiger partial charge is 0.370 e. The van der Waals surface area contributed by atoms with E-state index in [4.69, 9.17) is 0 Å². The van der Waals surface area contributed by atoms with Gasteiger partial charge >= 0.3 is 0 Å². The van der Waals surface area contributed by atoms with Crippen LogP contribution in [0.15, 0.2) is 60.9 Å². The molecule has 12 heteroatoms. The standard InChI is InChI=1S/C34H38N10O2/c45-33(19-25-6-8-27(21-35-25)43-14-2-15-43)37-31-12-10-29(39-41-31)23-4-1-5-24(18-23)30-11-13-32(42-40-30)38-34(46)20-26-7-9-28(22-36-26)44-16-3-17-44/h6-13,21-24H,1-5,14-20H2,(H,37,41,45)(H,38,42,46)/t23-,24-/m0/s1. The van der Waals surface area contributed by atoms with Gasteiger partial charge in [-0.25, -0.2) is 0 Å². The topological polar surface area (TPSA) is 142 Å². The first-order valence-corrected chi connectivity index (χ1v) is 16.2. The van der Waals surface area contributed by atoms with Crippen LogP contribution in [0.1, 0.15) is 73.1 Å². The summed E-state index contributed by atoms with van der Waals surface area (Å²) in [7, 11) is 0. The molecule has 3 fully saturated rings. The Balaban J connectivity index is 0.883. The van der Waals surface area contributed by atoms with E-state index in [1.165, 1.54) is 12.8 Å². The summed E-state index contributed by atoms with van der Waals surface area (Å²) in [5.41, 5.74) is 5.46. The first-order valence-electron chi connectivity index (χ1n) is 16.2. The summed E-state index contributed by atoms with van der Waals surface area (Å²) in [5.74, 6) is 1.00. The van der Waals surface area contributed by atoms with Crippen molar-refractivity contribution in [2.45, 2.75) is 63.2 Å². The molecule has 0 radical (unpaired) electrons. The number of carbonyl (C=O) groups is 2. The van der Waals surface area contributed by atoms with Crippen molar-refractivity contribution in [2.75, 3.05) is 46.6 Å². The number of aromatic nitrogens is 6. The number of hydrogen-bond acceptors (Lipinski definition) is 10. The van der Waals surface area contributed by atoms with Crippen LogP contribution in [0.4, 0.5) is 23.0 Å². The Morgan fingerprint density at radius 2 is 1.09 bits per heavy atom. The summed E-state index contributed by atoms with van der Waals surface area (Å²) in [6.07, 6.45) is 10.4. The Bertz CT molecular complexity index is 1510. The fraction of sp³-hybridized carbons (Fsp3) is 0.412. The Labute approximate surface area is 268 Å². The minimum Gasteiger partial charge on any atom is -0.370 e. The van der Waals surface area contributed by atoms with E-state index in [1.807, 2.05) is 60.9 Å². The summed E-state index contributed by atoms with van der Waals surface area (Å²) in [4.78, 5) is 38.6. The molecule has 0 aromatic carbocycles. The van der Waals surface area contributed by atoms with E-state index in [1.54, 1.807) is 0 Å². The lowest BCUT2D eigenvalue weighted by atomic mass is 9.78. The summed E-state index contributed by atoms with van der Waals surface area (Å²) < 4.78 is 0. The molecule has 4 aromatic rings. The van der Waals surface area contributed by atoms with Gasteiger partial charge in [0.2, 0.25) is 11.8 Å². The molecule has 2 saturated heterocycles. The van der Waals surface area contributed by atoms with Gasteiger partial charge in [0.05, 0.1) is 48.0 Å². The summed E-state index contributed by atoms with van der Waals surface area (Å²) >= 11 is 0.